The molecule has 5 nitrogen and oxygen atoms in total. The third-order valence-electron chi connectivity index (χ3n) is 4.39. The highest BCUT2D eigenvalue weighted by Gasteiger charge is 2.39. The quantitative estimate of drug-likeness (QED) is 0.552. The first-order chi connectivity index (χ1) is 9.71. The van der Waals surface area contributed by atoms with Gasteiger partial charge in [0.1, 0.15) is 0 Å². The highest BCUT2D eigenvalue weighted by Crippen LogP contribution is 2.32. The van der Waals surface area contributed by atoms with E-state index >= 15 is 0 Å². The molecule has 0 heterocycles. The van der Waals surface area contributed by atoms with Crippen molar-refractivity contribution in [2.75, 3.05) is 53.2 Å². The minimum Gasteiger partial charge on any atom is -0.394 e. The zero-order chi connectivity index (χ0) is 14.8. The first-order valence-electron chi connectivity index (χ1n) is 7.90. The van der Waals surface area contributed by atoms with Crippen molar-refractivity contribution in [3.63, 3.8) is 0 Å². The van der Waals surface area contributed by atoms with Crippen LogP contribution >= 0.6 is 0 Å². The number of likely N-dealkylation sites (N-methyl/N-ethyl adjacent to an activating group) is 1. The van der Waals surface area contributed by atoms with E-state index in [1.54, 1.807) is 0 Å². The van der Waals surface area contributed by atoms with Crippen LogP contribution in [0.5, 0.6) is 0 Å². The summed E-state index contributed by atoms with van der Waals surface area (Å²) in [7, 11) is 1.95. The molecular formula is C15H32N2O3. The van der Waals surface area contributed by atoms with E-state index < -0.39 is 0 Å². The Hall–Kier alpha value is -0.200. The molecule has 0 aromatic carbocycles. The second kappa shape index (κ2) is 9.68. The van der Waals surface area contributed by atoms with Crippen molar-refractivity contribution in [1.82, 2.24) is 10.2 Å². The number of nitrogens with one attached hydrogen (secondary N) is 1. The summed E-state index contributed by atoms with van der Waals surface area (Å²) in [6.07, 6.45) is 3.16. The molecule has 0 aliphatic heterocycles. The molecule has 1 aliphatic carbocycles. The summed E-state index contributed by atoms with van der Waals surface area (Å²) >= 11 is 0. The van der Waals surface area contributed by atoms with Gasteiger partial charge in [-0.05, 0) is 40.2 Å². The van der Waals surface area contributed by atoms with Crippen LogP contribution in [0.2, 0.25) is 0 Å². The maximum absolute atomic E-state index is 9.61. The molecule has 2 atom stereocenters. The van der Waals surface area contributed by atoms with Crippen LogP contribution < -0.4 is 5.32 Å². The van der Waals surface area contributed by atoms with Crippen LogP contribution in [-0.4, -0.2) is 74.8 Å². The first kappa shape index (κ1) is 17.9. The number of hydrogen-bond acceptors (Lipinski definition) is 5. The maximum atomic E-state index is 9.61. The van der Waals surface area contributed by atoms with Crippen molar-refractivity contribution in [2.45, 2.75) is 44.7 Å². The zero-order valence-electron chi connectivity index (χ0n) is 13.4. The third kappa shape index (κ3) is 5.30. The lowest BCUT2D eigenvalue weighted by atomic mass is 9.99. The molecule has 2 N–H and O–H groups in total. The fraction of sp³-hybridized carbons (Fsp3) is 1.00. The summed E-state index contributed by atoms with van der Waals surface area (Å²) in [6.45, 7) is 9.21. The van der Waals surface area contributed by atoms with Crippen molar-refractivity contribution in [1.29, 1.82) is 0 Å². The van der Waals surface area contributed by atoms with Crippen LogP contribution in [0.3, 0.4) is 0 Å². The molecule has 0 aromatic rings. The normalized spacial score (nSPS) is 26.6. The topological polar surface area (TPSA) is 54.0 Å². The average molecular weight is 288 g/mol. The third-order valence-corrected chi connectivity index (χ3v) is 4.39. The Bertz CT molecular complexity index is 237. The smallest absolute Gasteiger partial charge is 0.0613 e. The molecule has 0 amide bonds. The summed E-state index contributed by atoms with van der Waals surface area (Å²) in [4.78, 5) is 2.46. The van der Waals surface area contributed by atoms with Crippen molar-refractivity contribution in [3.8, 4) is 0 Å². The SMILES string of the molecule is CCOCCN(CCOCC)C1CCC(CO)(NC)C1. The van der Waals surface area contributed by atoms with Crippen molar-refractivity contribution in [3.05, 3.63) is 0 Å². The lowest BCUT2D eigenvalue weighted by Gasteiger charge is -2.31. The monoisotopic (exact) mass is 288 g/mol. The Balaban J connectivity index is 2.49. The molecule has 20 heavy (non-hydrogen) atoms. The van der Waals surface area contributed by atoms with Gasteiger partial charge < -0.3 is 19.9 Å². The summed E-state index contributed by atoms with van der Waals surface area (Å²) in [6, 6.07) is 0.510. The van der Waals surface area contributed by atoms with Crippen molar-refractivity contribution < 1.29 is 14.6 Å². The summed E-state index contributed by atoms with van der Waals surface area (Å²) in [5.74, 6) is 0. The van der Waals surface area contributed by atoms with E-state index in [0.717, 1.165) is 58.8 Å². The minimum absolute atomic E-state index is 0.0971. The van der Waals surface area contributed by atoms with Crippen molar-refractivity contribution in [2.24, 2.45) is 0 Å². The second-order valence-electron chi connectivity index (χ2n) is 5.51. The van der Waals surface area contributed by atoms with Crippen LogP contribution in [0.25, 0.3) is 0 Å². The van der Waals surface area contributed by atoms with Crippen molar-refractivity contribution >= 4 is 0 Å². The number of rotatable bonds is 11. The molecule has 0 bridgehead atoms. The van der Waals surface area contributed by atoms with Gasteiger partial charge in [0, 0.05) is 37.9 Å². The Morgan fingerprint density at radius 1 is 1.20 bits per heavy atom. The Morgan fingerprint density at radius 3 is 2.20 bits per heavy atom. The summed E-state index contributed by atoms with van der Waals surface area (Å²) in [5, 5.41) is 12.9. The number of aliphatic hydroxyl groups is 1. The van der Waals surface area contributed by atoms with Gasteiger partial charge in [0.25, 0.3) is 0 Å². The minimum atomic E-state index is -0.0971. The van der Waals surface area contributed by atoms with Gasteiger partial charge in [0.15, 0.2) is 0 Å². The van der Waals surface area contributed by atoms with E-state index in [0.29, 0.717) is 6.04 Å². The molecule has 1 aliphatic rings. The molecule has 0 aromatic heterocycles. The van der Waals surface area contributed by atoms with Gasteiger partial charge in [-0.25, -0.2) is 0 Å². The lowest BCUT2D eigenvalue weighted by molar-refractivity contribution is 0.0600. The van der Waals surface area contributed by atoms with E-state index in [9.17, 15) is 5.11 Å². The van der Waals surface area contributed by atoms with E-state index in [2.05, 4.69) is 10.2 Å². The van der Waals surface area contributed by atoms with Gasteiger partial charge in [0.2, 0.25) is 0 Å². The molecule has 1 fully saturated rings. The predicted molar refractivity (Wildman–Crippen MR) is 81.1 cm³/mol. The average Bonchev–Trinajstić information content (AvgIpc) is 2.91. The lowest BCUT2D eigenvalue weighted by Crippen LogP contribution is -2.47. The van der Waals surface area contributed by atoms with Crippen LogP contribution in [0.15, 0.2) is 0 Å². The molecule has 2 unspecified atom stereocenters. The second-order valence-corrected chi connectivity index (χ2v) is 5.51. The van der Waals surface area contributed by atoms with E-state index in [-0.39, 0.29) is 12.1 Å². The molecule has 0 radical (unpaired) electrons. The Labute approximate surface area is 123 Å². The predicted octanol–water partition coefficient (Wildman–Crippen LogP) is 0.864. The van der Waals surface area contributed by atoms with Gasteiger partial charge in [0.05, 0.1) is 19.8 Å². The molecule has 5 heteroatoms. The van der Waals surface area contributed by atoms with Crippen LogP contribution in [0, 0.1) is 0 Å². The number of nitrogens with zero attached hydrogens (tertiary/aromatic N) is 1. The molecule has 120 valence electrons. The number of hydrogen-bond donors (Lipinski definition) is 2. The first-order valence-corrected chi connectivity index (χ1v) is 7.90. The van der Waals surface area contributed by atoms with Gasteiger partial charge in [-0.2, -0.15) is 0 Å². The fourth-order valence-electron chi connectivity index (χ4n) is 2.99. The van der Waals surface area contributed by atoms with Crippen LogP contribution in [0.1, 0.15) is 33.1 Å². The molecule has 0 spiro atoms. The zero-order valence-corrected chi connectivity index (χ0v) is 13.4. The standard InChI is InChI=1S/C15H32N2O3/c1-4-19-10-8-17(9-11-20-5-2)14-6-7-15(12-14,13-18)16-3/h14,16,18H,4-13H2,1-3H3. The van der Waals surface area contributed by atoms with Gasteiger partial charge in [-0.3, -0.25) is 4.90 Å². The van der Waals surface area contributed by atoms with Gasteiger partial charge >= 0.3 is 0 Å². The Kier molecular flexibility index (Phi) is 8.64. The maximum Gasteiger partial charge on any atom is 0.0613 e. The summed E-state index contributed by atoms with van der Waals surface area (Å²) < 4.78 is 11.0. The van der Waals surface area contributed by atoms with Crippen LogP contribution in [-0.2, 0) is 9.47 Å². The summed E-state index contributed by atoms with van der Waals surface area (Å²) in [5.41, 5.74) is -0.0971. The molecular weight excluding hydrogens is 256 g/mol. The van der Waals surface area contributed by atoms with Gasteiger partial charge in [-0.15, -0.1) is 0 Å². The van der Waals surface area contributed by atoms with E-state index in [4.69, 9.17) is 9.47 Å². The molecule has 0 saturated heterocycles. The number of aliphatic hydroxyl groups excluding tert-OH is 1. The highest BCUT2D eigenvalue weighted by molar-refractivity contribution is 4.98. The largest absolute Gasteiger partial charge is 0.394 e. The fourth-order valence-corrected chi connectivity index (χ4v) is 2.99. The molecule has 1 saturated carbocycles. The molecule has 1 rings (SSSR count). The number of ether oxygens (including phenoxy) is 2. The van der Waals surface area contributed by atoms with Gasteiger partial charge in [-0.1, -0.05) is 0 Å². The van der Waals surface area contributed by atoms with E-state index in [1.807, 2.05) is 20.9 Å². The van der Waals surface area contributed by atoms with E-state index in [1.165, 1.54) is 0 Å². The van der Waals surface area contributed by atoms with Crippen LogP contribution in [0.4, 0.5) is 0 Å². The highest BCUT2D eigenvalue weighted by atomic mass is 16.5. The Morgan fingerprint density at radius 2 is 1.80 bits per heavy atom.